The molecule has 0 spiro atoms. The number of carbonyl (C=O) groups excluding carboxylic acids is 2. The second kappa shape index (κ2) is 8.35. The first-order valence-corrected chi connectivity index (χ1v) is 12.1. The maximum atomic E-state index is 13.4. The molecular weight excluding hydrogens is 468 g/mol. The molecule has 2 aromatic carbocycles. The van der Waals surface area contributed by atoms with E-state index in [1.807, 2.05) is 0 Å². The minimum Gasteiger partial charge on any atom is -0.367 e. The Morgan fingerprint density at radius 1 is 0.800 bits per heavy atom. The van der Waals surface area contributed by atoms with Gasteiger partial charge in [-0.3, -0.25) is 14.3 Å². The third-order valence-corrected chi connectivity index (χ3v) is 7.29. The summed E-state index contributed by atoms with van der Waals surface area (Å²) in [4.78, 5) is 28.0. The van der Waals surface area contributed by atoms with Crippen LogP contribution < -0.4 is 4.72 Å². The van der Waals surface area contributed by atoms with Gasteiger partial charge in [0.25, 0.3) is 10.0 Å². The van der Waals surface area contributed by atoms with E-state index >= 15 is 0 Å². The number of likely N-dealkylation sites (tertiary alicyclic amines) is 1. The average Bonchev–Trinajstić information content (AvgIpc) is 3.01. The number of nitrogens with one attached hydrogen (secondary N) is 1. The second-order valence-electron chi connectivity index (χ2n) is 7.40. The van der Waals surface area contributed by atoms with Crippen molar-refractivity contribution in [2.75, 3.05) is 17.8 Å². The maximum Gasteiger partial charge on any atom is 0.268 e. The monoisotopic (exact) mass is 488 g/mol. The molecule has 1 heterocycles. The zero-order valence-electron chi connectivity index (χ0n) is 16.2. The van der Waals surface area contributed by atoms with Crippen LogP contribution in [0.15, 0.2) is 63.6 Å². The van der Waals surface area contributed by atoms with E-state index < -0.39 is 26.5 Å². The van der Waals surface area contributed by atoms with Gasteiger partial charge in [-0.2, -0.15) is 0 Å². The predicted molar refractivity (Wildman–Crippen MR) is 119 cm³/mol. The Morgan fingerprint density at radius 2 is 1.37 bits per heavy atom. The van der Waals surface area contributed by atoms with Crippen molar-refractivity contribution in [2.24, 2.45) is 0 Å². The molecule has 8 heteroatoms. The van der Waals surface area contributed by atoms with Gasteiger partial charge in [0.15, 0.2) is 4.91 Å². The first-order chi connectivity index (χ1) is 14.4. The van der Waals surface area contributed by atoms with Crippen molar-refractivity contribution in [1.82, 2.24) is 4.90 Å². The number of benzene rings is 2. The highest BCUT2D eigenvalue weighted by Crippen LogP contribution is 2.33. The van der Waals surface area contributed by atoms with Crippen LogP contribution in [0.2, 0.25) is 0 Å². The van der Waals surface area contributed by atoms with E-state index in [9.17, 15) is 18.0 Å². The number of rotatable bonds is 4. The number of allylic oxidation sites excluding steroid dienone is 2. The first-order valence-electron chi connectivity index (χ1n) is 9.84. The van der Waals surface area contributed by atoms with Crippen molar-refractivity contribution in [2.45, 2.75) is 25.7 Å². The van der Waals surface area contributed by atoms with Gasteiger partial charge in [0.1, 0.15) is 5.70 Å². The summed E-state index contributed by atoms with van der Waals surface area (Å²) in [5.74, 6) is -1.06. The third kappa shape index (κ3) is 3.94. The number of ketones is 2. The molecule has 156 valence electrons. The zero-order chi connectivity index (χ0) is 21.3. The normalized spacial score (nSPS) is 17.6. The predicted octanol–water partition coefficient (Wildman–Crippen LogP) is 4.36. The summed E-state index contributed by atoms with van der Waals surface area (Å²) in [7, 11) is -4.28. The van der Waals surface area contributed by atoms with Crippen molar-refractivity contribution in [3.63, 3.8) is 0 Å². The minimum absolute atomic E-state index is 0.00906. The highest BCUT2D eigenvalue weighted by Gasteiger charge is 2.41. The molecular formula is C22H21BrN2O4S. The number of Topliss-reactive ketones (excluding diaryl/α,β-unsaturated/α-hetero) is 2. The van der Waals surface area contributed by atoms with Gasteiger partial charge >= 0.3 is 0 Å². The molecule has 0 aromatic heterocycles. The second-order valence-corrected chi connectivity index (χ2v) is 9.93. The number of nitrogens with zero attached hydrogens (tertiary/aromatic N) is 1. The van der Waals surface area contributed by atoms with Crippen LogP contribution in [-0.2, 0) is 10.0 Å². The van der Waals surface area contributed by atoms with Crippen LogP contribution in [0.25, 0.3) is 0 Å². The van der Waals surface area contributed by atoms with Crippen molar-refractivity contribution in [1.29, 1.82) is 0 Å². The first kappa shape index (κ1) is 20.8. The number of halogens is 1. The summed E-state index contributed by atoms with van der Waals surface area (Å²) < 4.78 is 30.0. The Bertz CT molecular complexity index is 1130. The number of hydrogen-bond donors (Lipinski definition) is 1. The van der Waals surface area contributed by atoms with E-state index in [-0.39, 0.29) is 16.8 Å². The molecule has 4 rings (SSSR count). The van der Waals surface area contributed by atoms with Gasteiger partial charge in [-0.05, 0) is 37.1 Å². The quantitative estimate of drug-likeness (QED) is 0.690. The summed E-state index contributed by atoms with van der Waals surface area (Å²) in [6, 6.07) is 13.0. The van der Waals surface area contributed by atoms with Crippen LogP contribution >= 0.6 is 15.9 Å². The zero-order valence-corrected chi connectivity index (χ0v) is 18.6. The molecule has 0 unspecified atom stereocenters. The molecule has 1 N–H and O–H groups in total. The molecule has 1 aliphatic carbocycles. The summed E-state index contributed by atoms with van der Waals surface area (Å²) in [5.41, 5.74) is 0.687. The fourth-order valence-electron chi connectivity index (χ4n) is 3.89. The van der Waals surface area contributed by atoms with Gasteiger partial charge in [-0.25, -0.2) is 8.42 Å². The molecule has 1 fully saturated rings. The van der Waals surface area contributed by atoms with E-state index in [2.05, 4.69) is 20.7 Å². The third-order valence-electron chi connectivity index (χ3n) is 5.34. The number of fused-ring (bicyclic) bond motifs is 1. The molecule has 1 saturated heterocycles. The maximum absolute atomic E-state index is 13.4. The van der Waals surface area contributed by atoms with Crippen LogP contribution in [0.4, 0.5) is 5.69 Å². The van der Waals surface area contributed by atoms with Crippen molar-refractivity contribution in [3.8, 4) is 0 Å². The molecule has 0 atom stereocenters. The smallest absolute Gasteiger partial charge is 0.268 e. The lowest BCUT2D eigenvalue weighted by Gasteiger charge is -2.30. The molecule has 0 radical (unpaired) electrons. The molecule has 30 heavy (non-hydrogen) atoms. The van der Waals surface area contributed by atoms with Crippen LogP contribution in [-0.4, -0.2) is 38.0 Å². The van der Waals surface area contributed by atoms with Crippen molar-refractivity contribution >= 4 is 43.2 Å². The average molecular weight is 489 g/mol. The lowest BCUT2D eigenvalue weighted by atomic mass is 9.91. The molecule has 0 saturated carbocycles. The van der Waals surface area contributed by atoms with E-state index in [1.165, 1.54) is 6.07 Å². The van der Waals surface area contributed by atoms with E-state index in [1.54, 1.807) is 47.4 Å². The Labute approximate surface area is 184 Å². The molecule has 2 aromatic rings. The topological polar surface area (TPSA) is 83.6 Å². The van der Waals surface area contributed by atoms with Crippen molar-refractivity contribution in [3.05, 3.63) is 74.7 Å². The highest BCUT2D eigenvalue weighted by molar-refractivity contribution is 9.10. The molecule has 0 bridgehead atoms. The van der Waals surface area contributed by atoms with E-state index in [4.69, 9.17) is 0 Å². The lowest BCUT2D eigenvalue weighted by molar-refractivity contribution is 0.0947. The number of anilines is 1. The van der Waals surface area contributed by atoms with Gasteiger partial charge in [0.05, 0.1) is 0 Å². The molecule has 0 amide bonds. The Hall–Kier alpha value is -2.45. The van der Waals surface area contributed by atoms with Crippen LogP contribution in [0.1, 0.15) is 46.4 Å². The van der Waals surface area contributed by atoms with Gasteiger partial charge in [0, 0.05) is 34.4 Å². The largest absolute Gasteiger partial charge is 0.367 e. The highest BCUT2D eigenvalue weighted by atomic mass is 79.9. The fourth-order valence-corrected chi connectivity index (χ4v) is 5.54. The van der Waals surface area contributed by atoms with Crippen LogP contribution in [0.5, 0.6) is 0 Å². The fraction of sp³-hybridized carbons (Fsp3) is 0.273. The van der Waals surface area contributed by atoms with Crippen LogP contribution in [0.3, 0.4) is 0 Å². The lowest BCUT2D eigenvalue weighted by Crippen LogP contribution is -2.38. The van der Waals surface area contributed by atoms with Gasteiger partial charge in [-0.1, -0.05) is 53.0 Å². The Balaban J connectivity index is 1.86. The SMILES string of the molecule is O=C1C(N2CCCCCC2)=C(S(=O)(=O)Nc2ccc(Br)cc2)C(=O)c2ccccc21. The van der Waals surface area contributed by atoms with Gasteiger partial charge < -0.3 is 4.90 Å². The number of hydrogen-bond acceptors (Lipinski definition) is 5. The summed E-state index contributed by atoms with van der Waals surface area (Å²) in [6.45, 7) is 1.10. The van der Waals surface area contributed by atoms with Crippen molar-refractivity contribution < 1.29 is 18.0 Å². The Morgan fingerprint density at radius 3 is 1.97 bits per heavy atom. The minimum atomic E-state index is -4.28. The number of carbonyl (C=O) groups is 2. The van der Waals surface area contributed by atoms with Gasteiger partial charge in [-0.15, -0.1) is 0 Å². The number of sulfonamides is 1. The molecule has 1 aliphatic heterocycles. The standard InChI is InChI=1S/C22H21BrN2O4S/c23-15-9-11-16(12-10-15)24-30(28,29)22-19(25-13-5-1-2-6-14-25)20(26)17-7-3-4-8-18(17)21(22)27/h3-4,7-12,24H,1-2,5-6,13-14H2. The summed E-state index contributed by atoms with van der Waals surface area (Å²) in [6.07, 6.45) is 3.73. The van der Waals surface area contributed by atoms with Gasteiger partial charge in [0.2, 0.25) is 11.6 Å². The molecule has 2 aliphatic rings. The van der Waals surface area contributed by atoms with E-state index in [0.29, 0.717) is 18.8 Å². The summed E-state index contributed by atoms with van der Waals surface area (Å²) in [5, 5.41) is 0. The Kier molecular flexibility index (Phi) is 5.79. The van der Waals surface area contributed by atoms with Crippen LogP contribution in [0, 0.1) is 0 Å². The van der Waals surface area contributed by atoms with E-state index in [0.717, 1.165) is 30.2 Å². The summed E-state index contributed by atoms with van der Waals surface area (Å²) >= 11 is 3.31. The molecule has 6 nitrogen and oxygen atoms in total.